The molecule has 1 saturated carbocycles. The SMILES string of the molecule is CNC(c1cccc(C)c1)C1(CN)CC1. The van der Waals surface area contributed by atoms with Crippen LogP contribution in [0.2, 0.25) is 0 Å². The second-order valence-electron chi connectivity index (χ2n) is 4.70. The molecular formula is C13H20N2. The number of hydrogen-bond acceptors (Lipinski definition) is 2. The summed E-state index contributed by atoms with van der Waals surface area (Å²) in [5.41, 5.74) is 8.90. The van der Waals surface area contributed by atoms with Crippen LogP contribution in [0.25, 0.3) is 0 Å². The summed E-state index contributed by atoms with van der Waals surface area (Å²) in [6.07, 6.45) is 2.51. The van der Waals surface area contributed by atoms with E-state index in [9.17, 15) is 0 Å². The minimum Gasteiger partial charge on any atom is -0.330 e. The van der Waals surface area contributed by atoms with E-state index in [4.69, 9.17) is 5.73 Å². The van der Waals surface area contributed by atoms with Crippen molar-refractivity contribution in [2.45, 2.75) is 25.8 Å². The van der Waals surface area contributed by atoms with Gasteiger partial charge >= 0.3 is 0 Å². The molecule has 0 aliphatic heterocycles. The van der Waals surface area contributed by atoms with Crippen LogP contribution in [0.15, 0.2) is 24.3 Å². The highest BCUT2D eigenvalue weighted by molar-refractivity contribution is 5.28. The third kappa shape index (κ3) is 1.92. The molecule has 0 bridgehead atoms. The van der Waals surface area contributed by atoms with Gasteiger partial charge in [-0.05, 0) is 38.9 Å². The number of hydrogen-bond donors (Lipinski definition) is 2. The summed E-state index contributed by atoms with van der Waals surface area (Å²) in [5, 5.41) is 3.42. The van der Waals surface area contributed by atoms with Gasteiger partial charge in [0, 0.05) is 11.5 Å². The van der Waals surface area contributed by atoms with E-state index in [2.05, 4.69) is 36.5 Å². The summed E-state index contributed by atoms with van der Waals surface area (Å²) < 4.78 is 0. The standard InChI is InChI=1S/C13H20N2/c1-10-4-3-5-11(8-10)12(15-2)13(9-14)6-7-13/h3-5,8,12,15H,6-7,9,14H2,1-2H3. The summed E-state index contributed by atoms with van der Waals surface area (Å²) in [6.45, 7) is 2.92. The van der Waals surface area contributed by atoms with Gasteiger partial charge in [0.1, 0.15) is 0 Å². The minimum absolute atomic E-state index is 0.322. The van der Waals surface area contributed by atoms with E-state index in [0.29, 0.717) is 11.5 Å². The molecule has 0 aromatic heterocycles. The molecule has 1 fully saturated rings. The highest BCUT2D eigenvalue weighted by atomic mass is 14.9. The van der Waals surface area contributed by atoms with Crippen LogP contribution in [0.4, 0.5) is 0 Å². The van der Waals surface area contributed by atoms with Crippen LogP contribution in [-0.2, 0) is 0 Å². The largest absolute Gasteiger partial charge is 0.330 e. The minimum atomic E-state index is 0.322. The zero-order valence-corrected chi connectivity index (χ0v) is 9.59. The molecule has 2 nitrogen and oxygen atoms in total. The van der Waals surface area contributed by atoms with Gasteiger partial charge < -0.3 is 11.1 Å². The van der Waals surface area contributed by atoms with Gasteiger partial charge in [0.2, 0.25) is 0 Å². The van der Waals surface area contributed by atoms with Gasteiger partial charge in [-0.15, -0.1) is 0 Å². The number of nitrogens with two attached hydrogens (primary N) is 1. The molecule has 0 heterocycles. The Morgan fingerprint density at radius 1 is 1.47 bits per heavy atom. The first-order chi connectivity index (χ1) is 7.22. The molecule has 1 aliphatic rings. The van der Waals surface area contributed by atoms with Gasteiger partial charge in [0.25, 0.3) is 0 Å². The molecule has 0 spiro atoms. The normalized spacial score (nSPS) is 19.9. The van der Waals surface area contributed by atoms with Gasteiger partial charge in [-0.2, -0.15) is 0 Å². The number of rotatable bonds is 4. The average Bonchev–Trinajstić information content (AvgIpc) is 3.00. The fourth-order valence-electron chi connectivity index (χ4n) is 2.45. The Kier molecular flexibility index (Phi) is 2.81. The first-order valence-electron chi connectivity index (χ1n) is 5.66. The number of nitrogens with one attached hydrogen (secondary N) is 1. The fraction of sp³-hybridized carbons (Fsp3) is 0.538. The maximum Gasteiger partial charge on any atom is 0.0386 e. The lowest BCUT2D eigenvalue weighted by Crippen LogP contribution is -2.32. The van der Waals surface area contributed by atoms with Crippen molar-refractivity contribution >= 4 is 0 Å². The monoisotopic (exact) mass is 204 g/mol. The molecule has 1 aromatic carbocycles. The molecule has 2 heteroatoms. The van der Waals surface area contributed by atoms with Crippen LogP contribution in [0, 0.1) is 12.3 Å². The van der Waals surface area contributed by atoms with E-state index in [0.717, 1.165) is 6.54 Å². The Balaban J connectivity index is 2.27. The van der Waals surface area contributed by atoms with Gasteiger partial charge in [0.05, 0.1) is 0 Å². The molecule has 0 saturated heterocycles. The molecule has 1 atom stereocenters. The Bertz CT molecular complexity index is 342. The van der Waals surface area contributed by atoms with Crippen molar-refractivity contribution in [3.8, 4) is 0 Å². The van der Waals surface area contributed by atoms with Crippen molar-refractivity contribution < 1.29 is 0 Å². The highest BCUT2D eigenvalue weighted by Gasteiger charge is 2.48. The van der Waals surface area contributed by atoms with E-state index >= 15 is 0 Å². The van der Waals surface area contributed by atoms with Crippen LogP contribution in [0.3, 0.4) is 0 Å². The molecule has 82 valence electrons. The zero-order chi connectivity index (χ0) is 10.9. The first kappa shape index (κ1) is 10.7. The quantitative estimate of drug-likeness (QED) is 0.787. The molecule has 1 unspecified atom stereocenters. The maximum atomic E-state index is 5.88. The zero-order valence-electron chi connectivity index (χ0n) is 9.59. The predicted octanol–water partition coefficient (Wildman–Crippen LogP) is 1.99. The smallest absolute Gasteiger partial charge is 0.0386 e. The first-order valence-corrected chi connectivity index (χ1v) is 5.66. The predicted molar refractivity (Wildman–Crippen MR) is 63.7 cm³/mol. The third-order valence-electron chi connectivity index (χ3n) is 3.58. The second kappa shape index (κ2) is 3.95. The molecule has 0 amide bonds. The number of benzene rings is 1. The van der Waals surface area contributed by atoms with E-state index in [-0.39, 0.29) is 0 Å². The van der Waals surface area contributed by atoms with Crippen LogP contribution in [0.5, 0.6) is 0 Å². The summed E-state index contributed by atoms with van der Waals surface area (Å²) >= 11 is 0. The maximum absolute atomic E-state index is 5.88. The van der Waals surface area contributed by atoms with Crippen LogP contribution < -0.4 is 11.1 Å². The van der Waals surface area contributed by atoms with Crippen molar-refractivity contribution in [1.29, 1.82) is 0 Å². The van der Waals surface area contributed by atoms with E-state index in [1.807, 2.05) is 7.05 Å². The van der Waals surface area contributed by atoms with Crippen molar-refractivity contribution in [3.05, 3.63) is 35.4 Å². The van der Waals surface area contributed by atoms with Crippen LogP contribution in [-0.4, -0.2) is 13.6 Å². The lowest BCUT2D eigenvalue weighted by molar-refractivity contribution is 0.366. The highest BCUT2D eigenvalue weighted by Crippen LogP contribution is 2.53. The second-order valence-corrected chi connectivity index (χ2v) is 4.70. The van der Waals surface area contributed by atoms with E-state index in [1.54, 1.807) is 0 Å². The lowest BCUT2D eigenvalue weighted by Gasteiger charge is -2.26. The Morgan fingerprint density at radius 3 is 2.67 bits per heavy atom. The lowest BCUT2D eigenvalue weighted by atomic mass is 9.89. The summed E-state index contributed by atoms with van der Waals surface area (Å²) in [4.78, 5) is 0. The van der Waals surface area contributed by atoms with Crippen molar-refractivity contribution in [3.63, 3.8) is 0 Å². The van der Waals surface area contributed by atoms with Gasteiger partial charge in [-0.3, -0.25) is 0 Å². The van der Waals surface area contributed by atoms with E-state index in [1.165, 1.54) is 24.0 Å². The molecule has 2 rings (SSSR count). The Morgan fingerprint density at radius 2 is 2.20 bits per heavy atom. The Hall–Kier alpha value is -0.860. The number of aryl methyl sites for hydroxylation is 1. The average molecular weight is 204 g/mol. The molecule has 15 heavy (non-hydrogen) atoms. The van der Waals surface area contributed by atoms with Crippen molar-refractivity contribution in [2.75, 3.05) is 13.6 Å². The molecule has 3 N–H and O–H groups in total. The fourth-order valence-corrected chi connectivity index (χ4v) is 2.45. The summed E-state index contributed by atoms with van der Waals surface area (Å²) in [6, 6.07) is 9.14. The molecule has 0 radical (unpaired) electrons. The molecule has 1 aromatic rings. The summed E-state index contributed by atoms with van der Waals surface area (Å²) in [7, 11) is 2.03. The van der Waals surface area contributed by atoms with Crippen LogP contribution in [0.1, 0.15) is 30.0 Å². The third-order valence-corrected chi connectivity index (χ3v) is 3.58. The molecule has 1 aliphatic carbocycles. The summed E-state index contributed by atoms with van der Waals surface area (Å²) in [5.74, 6) is 0. The Labute approximate surface area is 91.9 Å². The van der Waals surface area contributed by atoms with Crippen molar-refractivity contribution in [2.24, 2.45) is 11.1 Å². The van der Waals surface area contributed by atoms with Crippen molar-refractivity contribution in [1.82, 2.24) is 5.32 Å². The van der Waals surface area contributed by atoms with Gasteiger partial charge in [0.15, 0.2) is 0 Å². The van der Waals surface area contributed by atoms with Crippen LogP contribution >= 0.6 is 0 Å². The molecular weight excluding hydrogens is 184 g/mol. The van der Waals surface area contributed by atoms with E-state index < -0.39 is 0 Å². The van der Waals surface area contributed by atoms with Gasteiger partial charge in [-0.25, -0.2) is 0 Å². The topological polar surface area (TPSA) is 38.0 Å². The van der Waals surface area contributed by atoms with Gasteiger partial charge in [-0.1, -0.05) is 29.8 Å².